The standard InChI is InChI=1S/C18H20F2IN3O/c1-5-24(4)10-22-17-9-16(21)18(23-11(17)2)25-12(3)13-6-14(19)8-15(20)7-13/h6-10,12H,5H2,1-4H3/t12-/m0/s1. The molecule has 0 N–H and O–H groups in total. The Morgan fingerprint density at radius 2 is 1.92 bits per heavy atom. The second-order valence-electron chi connectivity index (χ2n) is 5.66. The van der Waals surface area contributed by atoms with Gasteiger partial charge in [0.15, 0.2) is 0 Å². The maximum Gasteiger partial charge on any atom is 0.228 e. The highest BCUT2D eigenvalue weighted by atomic mass is 127. The molecule has 2 rings (SSSR count). The van der Waals surface area contributed by atoms with Crippen LogP contribution in [0.25, 0.3) is 0 Å². The van der Waals surface area contributed by atoms with Gasteiger partial charge < -0.3 is 9.64 Å². The van der Waals surface area contributed by atoms with Crippen LogP contribution in [0.15, 0.2) is 29.3 Å². The number of halogens is 3. The zero-order valence-corrected chi connectivity index (χ0v) is 16.7. The Bertz CT molecular complexity index is 763. The molecule has 2 aromatic rings. The number of aliphatic imine (C=N–C) groups is 1. The number of aryl methyl sites for hydroxylation is 1. The van der Waals surface area contributed by atoms with Gasteiger partial charge in [-0.1, -0.05) is 0 Å². The summed E-state index contributed by atoms with van der Waals surface area (Å²) in [6.07, 6.45) is 1.21. The monoisotopic (exact) mass is 459 g/mol. The predicted molar refractivity (Wildman–Crippen MR) is 104 cm³/mol. The molecular formula is C18H20F2IN3O. The van der Waals surface area contributed by atoms with Crippen molar-refractivity contribution in [2.45, 2.75) is 26.9 Å². The summed E-state index contributed by atoms with van der Waals surface area (Å²) in [4.78, 5) is 10.8. The molecule has 25 heavy (non-hydrogen) atoms. The van der Waals surface area contributed by atoms with Crippen molar-refractivity contribution in [2.24, 2.45) is 4.99 Å². The Morgan fingerprint density at radius 1 is 1.28 bits per heavy atom. The van der Waals surface area contributed by atoms with Gasteiger partial charge in [0.05, 0.1) is 21.3 Å². The summed E-state index contributed by atoms with van der Waals surface area (Å²) in [5, 5.41) is 0. The van der Waals surface area contributed by atoms with Crippen LogP contribution in [-0.4, -0.2) is 29.8 Å². The molecule has 0 radical (unpaired) electrons. The van der Waals surface area contributed by atoms with Crippen molar-refractivity contribution >= 4 is 34.6 Å². The lowest BCUT2D eigenvalue weighted by molar-refractivity contribution is 0.214. The topological polar surface area (TPSA) is 37.7 Å². The maximum atomic E-state index is 13.4. The van der Waals surface area contributed by atoms with Gasteiger partial charge >= 0.3 is 0 Å². The van der Waals surface area contributed by atoms with E-state index >= 15 is 0 Å². The van der Waals surface area contributed by atoms with Crippen molar-refractivity contribution in [3.05, 3.63) is 50.7 Å². The molecular weight excluding hydrogens is 439 g/mol. The van der Waals surface area contributed by atoms with E-state index < -0.39 is 17.7 Å². The van der Waals surface area contributed by atoms with E-state index in [0.717, 1.165) is 21.9 Å². The fourth-order valence-corrected chi connectivity index (χ4v) is 2.59. The molecule has 1 atom stereocenters. The highest BCUT2D eigenvalue weighted by Crippen LogP contribution is 2.30. The molecule has 0 aliphatic heterocycles. The molecule has 4 nitrogen and oxygen atoms in total. The Balaban J connectivity index is 2.22. The van der Waals surface area contributed by atoms with Crippen LogP contribution in [0.3, 0.4) is 0 Å². The third-order valence-corrected chi connectivity index (χ3v) is 4.42. The minimum Gasteiger partial charge on any atom is -0.469 e. The molecule has 0 amide bonds. The zero-order valence-electron chi connectivity index (χ0n) is 14.6. The van der Waals surface area contributed by atoms with Crippen molar-refractivity contribution < 1.29 is 13.5 Å². The first-order valence-corrected chi connectivity index (χ1v) is 8.92. The lowest BCUT2D eigenvalue weighted by atomic mass is 10.1. The second kappa shape index (κ2) is 8.55. The Hall–Kier alpha value is -1.77. The molecule has 0 saturated carbocycles. The molecule has 0 fully saturated rings. The summed E-state index contributed by atoms with van der Waals surface area (Å²) in [5.41, 5.74) is 1.88. The summed E-state index contributed by atoms with van der Waals surface area (Å²) >= 11 is 2.11. The number of pyridine rings is 1. The van der Waals surface area contributed by atoms with Crippen LogP contribution in [0.4, 0.5) is 14.5 Å². The summed E-state index contributed by atoms with van der Waals surface area (Å²) < 4.78 is 33.3. The summed E-state index contributed by atoms with van der Waals surface area (Å²) in [7, 11) is 1.94. The number of hydrogen-bond donors (Lipinski definition) is 0. The Kier molecular flexibility index (Phi) is 6.69. The molecule has 0 aliphatic carbocycles. The molecule has 0 saturated heterocycles. The lowest BCUT2D eigenvalue weighted by Gasteiger charge is -2.17. The summed E-state index contributed by atoms with van der Waals surface area (Å²) in [6, 6.07) is 5.22. The van der Waals surface area contributed by atoms with Gasteiger partial charge in [0, 0.05) is 19.7 Å². The quantitative estimate of drug-likeness (QED) is 0.346. The average molecular weight is 459 g/mol. The summed E-state index contributed by atoms with van der Waals surface area (Å²) in [6.45, 7) is 6.46. The van der Waals surface area contributed by atoms with Crippen molar-refractivity contribution in [1.82, 2.24) is 9.88 Å². The van der Waals surface area contributed by atoms with Crippen LogP contribution in [0, 0.1) is 22.1 Å². The highest BCUT2D eigenvalue weighted by molar-refractivity contribution is 14.1. The molecule has 1 aromatic carbocycles. The molecule has 1 aromatic heterocycles. The van der Waals surface area contributed by atoms with Gasteiger partial charge in [-0.15, -0.1) is 0 Å². The van der Waals surface area contributed by atoms with E-state index in [1.165, 1.54) is 12.1 Å². The molecule has 7 heteroatoms. The minimum atomic E-state index is -0.631. The van der Waals surface area contributed by atoms with E-state index in [2.05, 4.69) is 32.6 Å². The number of aromatic nitrogens is 1. The number of hydrogen-bond acceptors (Lipinski definition) is 3. The first-order chi connectivity index (χ1) is 11.8. The molecule has 0 unspecified atom stereocenters. The lowest BCUT2D eigenvalue weighted by Crippen LogP contribution is -2.14. The van der Waals surface area contributed by atoms with Gasteiger partial charge in [-0.3, -0.25) is 0 Å². The van der Waals surface area contributed by atoms with E-state index in [0.29, 0.717) is 17.1 Å². The van der Waals surface area contributed by atoms with Crippen molar-refractivity contribution in [2.75, 3.05) is 13.6 Å². The van der Waals surface area contributed by atoms with Gasteiger partial charge in [0.1, 0.15) is 17.7 Å². The van der Waals surface area contributed by atoms with E-state index in [9.17, 15) is 8.78 Å². The number of nitrogens with zero attached hydrogens (tertiary/aromatic N) is 3. The third kappa shape index (κ3) is 5.35. The van der Waals surface area contributed by atoms with Crippen LogP contribution in [0.1, 0.15) is 31.2 Å². The molecule has 0 aliphatic rings. The van der Waals surface area contributed by atoms with Crippen LogP contribution in [0.2, 0.25) is 0 Å². The zero-order chi connectivity index (χ0) is 18.6. The van der Waals surface area contributed by atoms with Gasteiger partial charge in [-0.25, -0.2) is 18.8 Å². The maximum absolute atomic E-state index is 13.4. The second-order valence-corrected chi connectivity index (χ2v) is 6.82. The number of rotatable bonds is 6. The van der Waals surface area contributed by atoms with Gasteiger partial charge in [0.25, 0.3) is 0 Å². The Morgan fingerprint density at radius 3 is 2.52 bits per heavy atom. The minimum absolute atomic E-state index is 0.415. The van der Waals surface area contributed by atoms with Crippen molar-refractivity contribution in [3.63, 3.8) is 0 Å². The van der Waals surface area contributed by atoms with Crippen LogP contribution in [-0.2, 0) is 0 Å². The number of ether oxygens (including phenoxy) is 1. The summed E-state index contributed by atoms with van der Waals surface area (Å²) in [5.74, 6) is -0.846. The van der Waals surface area contributed by atoms with Crippen LogP contribution >= 0.6 is 22.6 Å². The Labute approximate surface area is 160 Å². The van der Waals surface area contributed by atoms with Gasteiger partial charge in [-0.05, 0) is 67.1 Å². The fraction of sp³-hybridized carbons (Fsp3) is 0.333. The average Bonchev–Trinajstić information content (AvgIpc) is 2.55. The van der Waals surface area contributed by atoms with E-state index in [1.807, 2.05) is 31.9 Å². The van der Waals surface area contributed by atoms with Gasteiger partial charge in [0.2, 0.25) is 5.88 Å². The molecule has 0 bridgehead atoms. The first-order valence-electron chi connectivity index (χ1n) is 7.84. The SMILES string of the molecule is CCN(C)C=Nc1cc(I)c(O[C@@H](C)c2cc(F)cc(F)c2)nc1C. The van der Waals surface area contributed by atoms with Crippen LogP contribution < -0.4 is 4.74 Å². The van der Waals surface area contributed by atoms with Crippen molar-refractivity contribution in [3.8, 4) is 5.88 Å². The van der Waals surface area contributed by atoms with E-state index in [4.69, 9.17) is 4.74 Å². The highest BCUT2D eigenvalue weighted by Gasteiger charge is 2.15. The van der Waals surface area contributed by atoms with Crippen molar-refractivity contribution in [1.29, 1.82) is 0 Å². The normalized spacial score (nSPS) is 12.4. The third-order valence-electron chi connectivity index (χ3n) is 3.64. The van der Waals surface area contributed by atoms with E-state index in [-0.39, 0.29) is 0 Å². The molecule has 1 heterocycles. The van der Waals surface area contributed by atoms with Gasteiger partial charge in [-0.2, -0.15) is 0 Å². The first kappa shape index (κ1) is 19.6. The smallest absolute Gasteiger partial charge is 0.228 e. The predicted octanol–water partition coefficient (Wildman–Crippen LogP) is 5.02. The molecule has 0 spiro atoms. The largest absolute Gasteiger partial charge is 0.469 e. The molecule has 134 valence electrons. The van der Waals surface area contributed by atoms with E-state index in [1.54, 1.807) is 13.3 Å². The number of benzene rings is 1. The fourth-order valence-electron chi connectivity index (χ4n) is 2.05. The van der Waals surface area contributed by atoms with Crippen LogP contribution in [0.5, 0.6) is 5.88 Å².